The number of nitrogens with one attached hydrogen (secondary N) is 1. The number of rotatable bonds is 2. The quantitative estimate of drug-likeness (QED) is 0.842. The van der Waals surface area contributed by atoms with Gasteiger partial charge in [-0.25, -0.2) is 4.52 Å². The second-order valence-corrected chi connectivity index (χ2v) is 5.31. The molecule has 0 aliphatic carbocycles. The Bertz CT molecular complexity index is 493. The van der Waals surface area contributed by atoms with E-state index in [-0.39, 0.29) is 5.41 Å². The molecule has 0 unspecified atom stereocenters. The van der Waals surface area contributed by atoms with E-state index < -0.39 is 0 Å². The zero-order chi connectivity index (χ0) is 11.8. The summed E-state index contributed by atoms with van der Waals surface area (Å²) < 4.78 is 1.81. The first-order valence-corrected chi connectivity index (χ1v) is 5.52. The third-order valence-corrected chi connectivity index (χ3v) is 2.33. The molecule has 0 aliphatic heterocycles. The van der Waals surface area contributed by atoms with E-state index in [1.807, 2.05) is 25.3 Å². The minimum atomic E-state index is 0.229. The maximum absolute atomic E-state index is 4.46. The van der Waals surface area contributed by atoms with Crippen molar-refractivity contribution in [1.29, 1.82) is 0 Å². The minimum absolute atomic E-state index is 0.229. The average Bonchev–Trinajstić information content (AvgIpc) is 2.58. The third kappa shape index (κ3) is 2.32. The lowest BCUT2D eigenvalue weighted by molar-refractivity contribution is 0.442. The van der Waals surface area contributed by atoms with Crippen LogP contribution in [0.4, 0.5) is 5.95 Å². The number of hydrogen-bond acceptors (Lipinski definition) is 3. The molecule has 4 heteroatoms. The van der Waals surface area contributed by atoms with Crippen molar-refractivity contribution < 1.29 is 0 Å². The fourth-order valence-electron chi connectivity index (χ4n) is 1.46. The lowest BCUT2D eigenvalue weighted by Gasteiger charge is -2.17. The van der Waals surface area contributed by atoms with E-state index in [0.29, 0.717) is 5.95 Å². The van der Waals surface area contributed by atoms with Gasteiger partial charge in [0.2, 0.25) is 5.95 Å². The van der Waals surface area contributed by atoms with Crippen LogP contribution in [0.3, 0.4) is 0 Å². The van der Waals surface area contributed by atoms with Crippen LogP contribution in [0.1, 0.15) is 26.3 Å². The first kappa shape index (κ1) is 10.9. The summed E-state index contributed by atoms with van der Waals surface area (Å²) in [6, 6.07) is 4.02. The maximum Gasteiger partial charge on any atom is 0.243 e. The van der Waals surface area contributed by atoms with Crippen molar-refractivity contribution in [2.24, 2.45) is 5.41 Å². The summed E-state index contributed by atoms with van der Waals surface area (Å²) in [4.78, 5) is 4.46. The van der Waals surface area contributed by atoms with Gasteiger partial charge >= 0.3 is 0 Å². The first-order chi connectivity index (χ1) is 7.46. The molecule has 2 heterocycles. The Hall–Kier alpha value is -1.58. The molecule has 0 amide bonds. The van der Waals surface area contributed by atoms with Crippen LogP contribution >= 0.6 is 0 Å². The standard InChI is InChI=1S/C12H18N4/c1-9-6-5-7-16-10(9)14-11(15-16)13-8-12(2,3)4/h5-7H,8H2,1-4H3,(H,13,15). The molecule has 0 saturated heterocycles. The molecule has 0 bridgehead atoms. The van der Waals surface area contributed by atoms with E-state index >= 15 is 0 Å². The number of hydrogen-bond donors (Lipinski definition) is 1. The van der Waals surface area contributed by atoms with Gasteiger partial charge in [0.1, 0.15) is 0 Å². The fraction of sp³-hybridized carbons (Fsp3) is 0.500. The van der Waals surface area contributed by atoms with Crippen LogP contribution in [0.15, 0.2) is 18.3 Å². The lowest BCUT2D eigenvalue weighted by atomic mass is 9.97. The molecule has 0 aliphatic rings. The summed E-state index contributed by atoms with van der Waals surface area (Å²) >= 11 is 0. The summed E-state index contributed by atoms with van der Waals surface area (Å²) in [5.74, 6) is 0.698. The molecule has 0 saturated carbocycles. The Labute approximate surface area is 95.7 Å². The predicted molar refractivity (Wildman–Crippen MR) is 65.7 cm³/mol. The van der Waals surface area contributed by atoms with Gasteiger partial charge in [-0.3, -0.25) is 0 Å². The summed E-state index contributed by atoms with van der Waals surface area (Å²) in [6.07, 6.45) is 1.91. The summed E-state index contributed by atoms with van der Waals surface area (Å²) in [6.45, 7) is 9.45. The van der Waals surface area contributed by atoms with Crippen molar-refractivity contribution >= 4 is 11.6 Å². The average molecular weight is 218 g/mol. The van der Waals surface area contributed by atoms with Crippen LogP contribution in [0.2, 0.25) is 0 Å². The second-order valence-electron chi connectivity index (χ2n) is 5.31. The van der Waals surface area contributed by atoms with Crippen LogP contribution in [0, 0.1) is 12.3 Å². The molecule has 2 aromatic heterocycles. The smallest absolute Gasteiger partial charge is 0.243 e. The third-order valence-electron chi connectivity index (χ3n) is 2.33. The SMILES string of the molecule is Cc1cccn2nc(NCC(C)(C)C)nc12. The Morgan fingerprint density at radius 1 is 1.38 bits per heavy atom. The van der Waals surface area contributed by atoms with Crippen molar-refractivity contribution in [3.8, 4) is 0 Å². The highest BCUT2D eigenvalue weighted by Gasteiger charge is 2.11. The molecule has 1 N–H and O–H groups in total. The highest BCUT2D eigenvalue weighted by Crippen LogP contribution is 2.14. The second kappa shape index (κ2) is 3.77. The highest BCUT2D eigenvalue weighted by atomic mass is 15.3. The molecule has 0 radical (unpaired) electrons. The van der Waals surface area contributed by atoms with E-state index in [1.54, 1.807) is 4.52 Å². The molecule has 2 aromatic rings. The lowest BCUT2D eigenvalue weighted by Crippen LogP contribution is -2.19. The monoisotopic (exact) mass is 218 g/mol. The summed E-state index contributed by atoms with van der Waals surface area (Å²) in [7, 11) is 0. The fourth-order valence-corrected chi connectivity index (χ4v) is 1.46. The molecule has 2 rings (SSSR count). The molecular weight excluding hydrogens is 200 g/mol. The molecule has 0 spiro atoms. The highest BCUT2D eigenvalue weighted by molar-refractivity contribution is 5.49. The summed E-state index contributed by atoms with van der Waals surface area (Å²) in [5.41, 5.74) is 2.28. The van der Waals surface area contributed by atoms with Gasteiger partial charge < -0.3 is 5.32 Å². The van der Waals surface area contributed by atoms with Crippen LogP contribution in [0.25, 0.3) is 5.65 Å². The number of anilines is 1. The normalized spacial score (nSPS) is 12.0. The first-order valence-electron chi connectivity index (χ1n) is 5.52. The Morgan fingerprint density at radius 2 is 2.12 bits per heavy atom. The molecule has 0 aromatic carbocycles. The molecule has 0 atom stereocenters. The van der Waals surface area contributed by atoms with Crippen LogP contribution in [-0.4, -0.2) is 21.1 Å². The molecular formula is C12H18N4. The van der Waals surface area contributed by atoms with E-state index in [0.717, 1.165) is 17.8 Å². The van der Waals surface area contributed by atoms with Gasteiger partial charge in [-0.1, -0.05) is 26.8 Å². The van der Waals surface area contributed by atoms with Gasteiger partial charge in [-0.2, -0.15) is 4.98 Å². The van der Waals surface area contributed by atoms with Gasteiger partial charge in [0, 0.05) is 12.7 Å². The molecule has 16 heavy (non-hydrogen) atoms. The Kier molecular flexibility index (Phi) is 2.58. The summed E-state index contributed by atoms with van der Waals surface area (Å²) in [5, 5.41) is 7.63. The van der Waals surface area contributed by atoms with Crippen molar-refractivity contribution in [2.75, 3.05) is 11.9 Å². The number of aryl methyl sites for hydroxylation is 1. The number of nitrogens with zero attached hydrogens (tertiary/aromatic N) is 3. The minimum Gasteiger partial charge on any atom is -0.352 e. The largest absolute Gasteiger partial charge is 0.352 e. The number of fused-ring (bicyclic) bond motifs is 1. The zero-order valence-electron chi connectivity index (χ0n) is 10.3. The van der Waals surface area contributed by atoms with Crippen molar-refractivity contribution in [2.45, 2.75) is 27.7 Å². The van der Waals surface area contributed by atoms with Crippen LogP contribution in [0.5, 0.6) is 0 Å². The van der Waals surface area contributed by atoms with Crippen molar-refractivity contribution in [3.63, 3.8) is 0 Å². The molecule has 4 nitrogen and oxygen atoms in total. The van der Waals surface area contributed by atoms with Crippen LogP contribution < -0.4 is 5.32 Å². The van der Waals surface area contributed by atoms with E-state index in [9.17, 15) is 0 Å². The van der Waals surface area contributed by atoms with E-state index in [4.69, 9.17) is 0 Å². The molecule has 0 fully saturated rings. The van der Waals surface area contributed by atoms with Crippen LogP contribution in [-0.2, 0) is 0 Å². The topological polar surface area (TPSA) is 42.2 Å². The van der Waals surface area contributed by atoms with Gasteiger partial charge in [-0.15, -0.1) is 5.10 Å². The number of pyridine rings is 1. The van der Waals surface area contributed by atoms with Gasteiger partial charge in [0.05, 0.1) is 0 Å². The van der Waals surface area contributed by atoms with E-state index in [1.165, 1.54) is 0 Å². The van der Waals surface area contributed by atoms with E-state index in [2.05, 4.69) is 36.2 Å². The molecule has 86 valence electrons. The predicted octanol–water partition coefficient (Wildman–Crippen LogP) is 2.50. The van der Waals surface area contributed by atoms with Crippen molar-refractivity contribution in [1.82, 2.24) is 14.6 Å². The maximum atomic E-state index is 4.46. The number of aromatic nitrogens is 3. The Morgan fingerprint density at radius 3 is 2.75 bits per heavy atom. The Balaban J connectivity index is 2.24. The zero-order valence-corrected chi connectivity index (χ0v) is 10.3. The van der Waals surface area contributed by atoms with Crippen molar-refractivity contribution in [3.05, 3.63) is 23.9 Å². The van der Waals surface area contributed by atoms with Gasteiger partial charge in [0.15, 0.2) is 5.65 Å². The van der Waals surface area contributed by atoms with Gasteiger partial charge in [-0.05, 0) is 24.0 Å². The van der Waals surface area contributed by atoms with Gasteiger partial charge in [0.25, 0.3) is 0 Å².